The van der Waals surface area contributed by atoms with Gasteiger partial charge in [-0.1, -0.05) is 30.3 Å². The van der Waals surface area contributed by atoms with Gasteiger partial charge in [0, 0.05) is 54.7 Å². The molecular weight excluding hydrogens is 432 g/mol. The van der Waals surface area contributed by atoms with E-state index in [1.165, 1.54) is 5.01 Å². The largest absolute Gasteiger partial charge is 0.508 e. The summed E-state index contributed by atoms with van der Waals surface area (Å²) in [5, 5.41) is 16.6. The van der Waals surface area contributed by atoms with Crippen molar-refractivity contribution in [2.24, 2.45) is 11.0 Å². The van der Waals surface area contributed by atoms with E-state index in [-0.39, 0.29) is 30.5 Å². The maximum atomic E-state index is 13.7. The van der Waals surface area contributed by atoms with Crippen LogP contribution in [0.1, 0.15) is 30.0 Å². The van der Waals surface area contributed by atoms with E-state index < -0.39 is 12.0 Å². The quantitative estimate of drug-likeness (QED) is 0.634. The van der Waals surface area contributed by atoms with Crippen LogP contribution in [0.15, 0.2) is 78.2 Å². The predicted octanol–water partition coefficient (Wildman–Crippen LogP) is 3.53. The van der Waals surface area contributed by atoms with Crippen LogP contribution >= 0.6 is 0 Å². The Labute approximate surface area is 197 Å². The van der Waals surface area contributed by atoms with Crippen molar-refractivity contribution in [3.63, 3.8) is 0 Å². The van der Waals surface area contributed by atoms with Crippen molar-refractivity contribution in [3.05, 3.63) is 84.2 Å². The number of rotatable bonds is 5. The first kappa shape index (κ1) is 21.6. The number of ether oxygens (including phenoxy) is 1. The number of hydrazone groups is 1. The van der Waals surface area contributed by atoms with Crippen molar-refractivity contribution in [1.29, 1.82) is 0 Å². The van der Waals surface area contributed by atoms with Gasteiger partial charge in [-0.2, -0.15) is 5.10 Å². The van der Waals surface area contributed by atoms with E-state index >= 15 is 0 Å². The van der Waals surface area contributed by atoms with Crippen LogP contribution in [0.4, 0.5) is 5.69 Å². The van der Waals surface area contributed by atoms with Crippen LogP contribution in [0.5, 0.6) is 11.5 Å². The molecule has 0 radical (unpaired) electrons. The molecular formula is C26H24N4O4. The van der Waals surface area contributed by atoms with E-state index in [1.807, 2.05) is 36.4 Å². The molecule has 1 N–H and O–H groups in total. The summed E-state index contributed by atoms with van der Waals surface area (Å²) < 4.78 is 5.27. The van der Waals surface area contributed by atoms with Gasteiger partial charge in [0.15, 0.2) is 0 Å². The van der Waals surface area contributed by atoms with E-state index in [0.717, 1.165) is 5.56 Å². The third-order valence-corrected chi connectivity index (χ3v) is 6.27. The number of aromatic hydroxyl groups is 1. The van der Waals surface area contributed by atoms with Gasteiger partial charge in [-0.25, -0.2) is 5.01 Å². The van der Waals surface area contributed by atoms with Crippen LogP contribution in [0.2, 0.25) is 0 Å². The Morgan fingerprint density at radius 1 is 1.09 bits per heavy atom. The first-order valence-corrected chi connectivity index (χ1v) is 11.1. The van der Waals surface area contributed by atoms with Gasteiger partial charge in [0.1, 0.15) is 11.5 Å². The fourth-order valence-electron chi connectivity index (χ4n) is 4.52. The van der Waals surface area contributed by atoms with Gasteiger partial charge >= 0.3 is 0 Å². The Balaban J connectivity index is 1.44. The molecule has 3 aromatic rings. The average molecular weight is 457 g/mol. The lowest BCUT2D eigenvalue weighted by atomic mass is 9.97. The van der Waals surface area contributed by atoms with E-state index in [1.54, 1.807) is 48.7 Å². The van der Waals surface area contributed by atoms with Crippen LogP contribution in [-0.4, -0.2) is 46.3 Å². The van der Waals surface area contributed by atoms with Gasteiger partial charge in [0.05, 0.1) is 24.8 Å². The number of anilines is 1. The van der Waals surface area contributed by atoms with Crippen LogP contribution < -0.4 is 9.64 Å². The number of hydrogen-bond donors (Lipinski definition) is 1. The fraction of sp³-hybridized carbons (Fsp3) is 0.231. The van der Waals surface area contributed by atoms with Gasteiger partial charge < -0.3 is 14.7 Å². The maximum absolute atomic E-state index is 13.7. The zero-order valence-corrected chi connectivity index (χ0v) is 18.7. The lowest BCUT2D eigenvalue weighted by Gasteiger charge is -2.25. The van der Waals surface area contributed by atoms with E-state index in [4.69, 9.17) is 4.74 Å². The Hall–Kier alpha value is -4.20. The molecule has 1 fully saturated rings. The molecule has 8 nitrogen and oxygen atoms in total. The molecule has 172 valence electrons. The number of amides is 2. The van der Waals surface area contributed by atoms with Gasteiger partial charge in [-0.15, -0.1) is 0 Å². The molecule has 34 heavy (non-hydrogen) atoms. The number of aromatic nitrogens is 1. The standard InChI is InChI=1S/C26H24N4O4/c1-34-20-8-4-7-19(13-20)29-16-18(12-25(29)32)26(33)30-23(21-9-2-3-10-24(21)31)14-22(28-30)17-6-5-11-27-15-17/h2-11,13,15,18,23,31H,12,14,16H2,1H3. The summed E-state index contributed by atoms with van der Waals surface area (Å²) in [6, 6.07) is 17.4. The normalized spacial score (nSPS) is 19.9. The minimum Gasteiger partial charge on any atom is -0.508 e. The number of nitrogens with zero attached hydrogens (tertiary/aromatic N) is 4. The Morgan fingerprint density at radius 2 is 1.94 bits per heavy atom. The first-order chi connectivity index (χ1) is 16.5. The molecule has 0 bridgehead atoms. The van der Waals surface area contributed by atoms with Crippen LogP contribution in [-0.2, 0) is 9.59 Å². The minimum absolute atomic E-state index is 0.0950. The number of carbonyl (C=O) groups excluding carboxylic acids is 2. The topological polar surface area (TPSA) is 95.3 Å². The molecule has 8 heteroatoms. The lowest BCUT2D eigenvalue weighted by molar-refractivity contribution is -0.137. The summed E-state index contributed by atoms with van der Waals surface area (Å²) in [5.41, 5.74) is 2.84. The van der Waals surface area contributed by atoms with Crippen LogP contribution in [0.25, 0.3) is 0 Å². The number of benzene rings is 2. The molecule has 0 spiro atoms. The number of hydrogen-bond acceptors (Lipinski definition) is 6. The summed E-state index contributed by atoms with van der Waals surface area (Å²) in [4.78, 5) is 32.3. The van der Waals surface area contributed by atoms with Gasteiger partial charge in [0.2, 0.25) is 11.8 Å². The summed E-state index contributed by atoms with van der Waals surface area (Å²) >= 11 is 0. The first-order valence-electron chi connectivity index (χ1n) is 11.1. The van der Waals surface area contributed by atoms with Crippen molar-refractivity contribution in [2.45, 2.75) is 18.9 Å². The van der Waals surface area contributed by atoms with E-state index in [2.05, 4.69) is 10.1 Å². The van der Waals surface area contributed by atoms with Crippen molar-refractivity contribution in [2.75, 3.05) is 18.6 Å². The number of pyridine rings is 1. The number of phenolic OH excluding ortho intramolecular Hbond substituents is 1. The maximum Gasteiger partial charge on any atom is 0.248 e. The van der Waals surface area contributed by atoms with Gasteiger partial charge in [0.25, 0.3) is 0 Å². The fourth-order valence-corrected chi connectivity index (χ4v) is 4.52. The highest BCUT2D eigenvalue weighted by Crippen LogP contribution is 2.39. The highest BCUT2D eigenvalue weighted by atomic mass is 16.5. The molecule has 2 atom stereocenters. The second-order valence-electron chi connectivity index (χ2n) is 8.36. The van der Waals surface area contributed by atoms with Crippen molar-refractivity contribution in [1.82, 2.24) is 9.99 Å². The second-order valence-corrected chi connectivity index (χ2v) is 8.36. The molecule has 2 aromatic carbocycles. The number of carbonyl (C=O) groups is 2. The summed E-state index contributed by atoms with van der Waals surface area (Å²) in [6.07, 6.45) is 3.92. The predicted molar refractivity (Wildman–Crippen MR) is 127 cm³/mol. The third-order valence-electron chi connectivity index (χ3n) is 6.27. The zero-order valence-electron chi connectivity index (χ0n) is 18.7. The number of phenols is 1. The monoisotopic (exact) mass is 456 g/mol. The summed E-state index contributed by atoms with van der Waals surface area (Å²) in [5.74, 6) is -0.172. The van der Waals surface area contributed by atoms with Crippen molar-refractivity contribution >= 4 is 23.2 Å². The molecule has 1 saturated heterocycles. The third kappa shape index (κ3) is 3.98. The van der Waals surface area contributed by atoms with Gasteiger partial charge in [-0.05, 0) is 24.3 Å². The Bertz CT molecular complexity index is 1260. The van der Waals surface area contributed by atoms with E-state index in [0.29, 0.717) is 29.1 Å². The summed E-state index contributed by atoms with van der Waals surface area (Å²) in [6.45, 7) is 0.257. The number of methoxy groups -OCH3 is 1. The molecule has 2 aliphatic rings. The molecule has 5 rings (SSSR count). The average Bonchev–Trinajstić information content (AvgIpc) is 3.49. The summed E-state index contributed by atoms with van der Waals surface area (Å²) in [7, 11) is 1.57. The SMILES string of the molecule is COc1cccc(N2CC(C(=O)N3N=C(c4cccnc4)CC3c3ccccc3O)CC2=O)c1. The Morgan fingerprint density at radius 3 is 2.71 bits per heavy atom. The molecule has 3 heterocycles. The van der Waals surface area contributed by atoms with E-state index in [9.17, 15) is 14.7 Å². The molecule has 0 aliphatic carbocycles. The molecule has 2 unspecified atom stereocenters. The van der Waals surface area contributed by atoms with Crippen LogP contribution in [0, 0.1) is 5.92 Å². The lowest BCUT2D eigenvalue weighted by Crippen LogP contribution is -2.34. The van der Waals surface area contributed by atoms with Crippen molar-refractivity contribution in [3.8, 4) is 11.5 Å². The molecule has 2 amide bonds. The highest BCUT2D eigenvalue weighted by Gasteiger charge is 2.42. The minimum atomic E-state index is -0.552. The second kappa shape index (κ2) is 8.97. The number of para-hydroxylation sites is 1. The Kier molecular flexibility index (Phi) is 5.71. The zero-order chi connectivity index (χ0) is 23.7. The molecule has 1 aromatic heterocycles. The molecule has 0 saturated carbocycles. The van der Waals surface area contributed by atoms with Gasteiger partial charge in [-0.3, -0.25) is 14.6 Å². The molecule has 2 aliphatic heterocycles. The smallest absolute Gasteiger partial charge is 0.248 e. The highest BCUT2D eigenvalue weighted by molar-refractivity contribution is 6.04. The van der Waals surface area contributed by atoms with Crippen LogP contribution in [0.3, 0.4) is 0 Å². The van der Waals surface area contributed by atoms with Crippen molar-refractivity contribution < 1.29 is 19.4 Å².